The average Bonchev–Trinajstić information content (AvgIpc) is 2.55. The third kappa shape index (κ3) is 2.97. The minimum absolute atomic E-state index is 0.154. The Morgan fingerprint density at radius 3 is 2.62 bits per heavy atom. The van der Waals surface area contributed by atoms with E-state index in [1.807, 2.05) is 0 Å². The van der Waals surface area contributed by atoms with E-state index < -0.39 is 23.8 Å². The minimum atomic E-state index is -2.86. The molecule has 0 spiro atoms. The number of aromatic nitrogens is 2. The van der Waals surface area contributed by atoms with Crippen molar-refractivity contribution in [1.29, 1.82) is 0 Å². The first-order chi connectivity index (χ1) is 11.5. The number of alkyl halides is 2. The maximum absolute atomic E-state index is 14.3. The molecule has 0 aliphatic rings. The second-order valence-corrected chi connectivity index (χ2v) is 5.45. The van der Waals surface area contributed by atoms with Gasteiger partial charge in [-0.25, -0.2) is 13.2 Å². The lowest BCUT2D eigenvalue weighted by Crippen LogP contribution is -2.11. The Labute approximate surface area is 136 Å². The van der Waals surface area contributed by atoms with Gasteiger partial charge < -0.3 is 11.1 Å². The largest absolute Gasteiger partial charge is 0.399 e. The Kier molecular flexibility index (Phi) is 4.24. The van der Waals surface area contributed by atoms with Crippen LogP contribution in [0.3, 0.4) is 0 Å². The van der Waals surface area contributed by atoms with E-state index in [-0.39, 0.29) is 5.56 Å². The Morgan fingerprint density at radius 1 is 1.12 bits per heavy atom. The van der Waals surface area contributed by atoms with E-state index in [9.17, 15) is 13.2 Å². The van der Waals surface area contributed by atoms with Gasteiger partial charge in [-0.1, -0.05) is 18.2 Å². The molecule has 0 unspecified atom stereocenters. The zero-order chi connectivity index (χ0) is 17.3. The van der Waals surface area contributed by atoms with Crippen LogP contribution in [0, 0.1) is 5.82 Å². The highest BCUT2D eigenvalue weighted by atomic mass is 19.3. The van der Waals surface area contributed by atoms with Gasteiger partial charge in [-0.3, -0.25) is 0 Å². The van der Waals surface area contributed by atoms with Crippen LogP contribution in [-0.4, -0.2) is 10.2 Å². The van der Waals surface area contributed by atoms with Crippen LogP contribution in [0.25, 0.3) is 10.9 Å². The zero-order valence-corrected chi connectivity index (χ0v) is 12.8. The summed E-state index contributed by atoms with van der Waals surface area (Å²) in [6, 6.07) is 8.59. The van der Waals surface area contributed by atoms with E-state index >= 15 is 0 Å². The first-order valence-electron chi connectivity index (χ1n) is 7.31. The molecule has 0 radical (unpaired) electrons. The van der Waals surface area contributed by atoms with E-state index in [1.165, 1.54) is 18.3 Å². The fourth-order valence-corrected chi connectivity index (χ4v) is 2.57. The highest BCUT2D eigenvalue weighted by molar-refractivity contribution is 5.92. The number of hydrogen-bond acceptors (Lipinski definition) is 4. The normalized spacial score (nSPS) is 12.5. The molecule has 0 saturated carbocycles. The summed E-state index contributed by atoms with van der Waals surface area (Å²) in [5.41, 5.74) is 7.12. The first-order valence-corrected chi connectivity index (χ1v) is 7.31. The standard InChI is InChI=1S/C17H15F3N4/c1-9(11-3-2-4-12(16(11)18)17(19)20)23-15-8-22-24-14-6-5-10(21)7-13(14)15/h2-9,17H,21H2,1H3,(H,23,24)/t9-/m1/s1. The average molecular weight is 332 g/mol. The van der Waals surface area contributed by atoms with Gasteiger partial charge in [-0.2, -0.15) is 10.2 Å². The number of nitrogen functional groups attached to an aromatic ring is 1. The molecule has 2 aromatic carbocycles. The molecule has 7 heteroatoms. The molecule has 4 nitrogen and oxygen atoms in total. The van der Waals surface area contributed by atoms with Crippen LogP contribution >= 0.6 is 0 Å². The van der Waals surface area contributed by atoms with E-state index in [2.05, 4.69) is 15.5 Å². The lowest BCUT2D eigenvalue weighted by atomic mass is 10.0. The van der Waals surface area contributed by atoms with Gasteiger partial charge in [0.15, 0.2) is 0 Å². The number of nitrogens with one attached hydrogen (secondary N) is 1. The van der Waals surface area contributed by atoms with Crippen LogP contribution in [0.5, 0.6) is 0 Å². The fourth-order valence-electron chi connectivity index (χ4n) is 2.57. The van der Waals surface area contributed by atoms with Crippen LogP contribution < -0.4 is 11.1 Å². The van der Waals surface area contributed by atoms with Crippen molar-refractivity contribution in [3.63, 3.8) is 0 Å². The maximum Gasteiger partial charge on any atom is 0.266 e. The molecule has 3 rings (SSSR count). The molecule has 0 saturated heterocycles. The van der Waals surface area contributed by atoms with Crippen molar-refractivity contribution >= 4 is 22.3 Å². The van der Waals surface area contributed by atoms with Crippen molar-refractivity contribution < 1.29 is 13.2 Å². The summed E-state index contributed by atoms with van der Waals surface area (Å²) in [5, 5.41) is 11.7. The Bertz CT molecular complexity index is 883. The van der Waals surface area contributed by atoms with E-state index in [4.69, 9.17) is 5.73 Å². The number of benzene rings is 2. The van der Waals surface area contributed by atoms with Crippen molar-refractivity contribution in [3.05, 3.63) is 59.5 Å². The quantitative estimate of drug-likeness (QED) is 0.692. The second-order valence-electron chi connectivity index (χ2n) is 5.45. The summed E-state index contributed by atoms with van der Waals surface area (Å²) in [6.07, 6.45) is -1.37. The van der Waals surface area contributed by atoms with Crippen LogP contribution in [0.1, 0.15) is 30.5 Å². The van der Waals surface area contributed by atoms with E-state index in [1.54, 1.807) is 25.1 Å². The molecule has 0 fully saturated rings. The molecule has 1 atom stereocenters. The molecule has 3 N–H and O–H groups in total. The van der Waals surface area contributed by atoms with Gasteiger partial charge in [-0.15, -0.1) is 0 Å². The summed E-state index contributed by atoms with van der Waals surface area (Å²) in [5.74, 6) is -0.904. The fraction of sp³-hybridized carbons (Fsp3) is 0.176. The monoisotopic (exact) mass is 332 g/mol. The third-order valence-corrected chi connectivity index (χ3v) is 3.80. The summed E-state index contributed by atoms with van der Waals surface area (Å²) in [7, 11) is 0. The molecule has 0 aliphatic carbocycles. The molecule has 1 aromatic heterocycles. The Morgan fingerprint density at radius 2 is 1.88 bits per heavy atom. The van der Waals surface area contributed by atoms with Gasteiger partial charge in [0.1, 0.15) is 5.82 Å². The summed E-state index contributed by atoms with van der Waals surface area (Å²) in [4.78, 5) is 0. The van der Waals surface area contributed by atoms with Crippen LogP contribution in [-0.2, 0) is 0 Å². The van der Waals surface area contributed by atoms with Crippen molar-refractivity contribution in [1.82, 2.24) is 10.2 Å². The Balaban J connectivity index is 1.98. The van der Waals surface area contributed by atoms with Crippen LogP contribution in [0.4, 0.5) is 24.5 Å². The molecule has 0 aliphatic heterocycles. The lowest BCUT2D eigenvalue weighted by Gasteiger charge is -2.18. The molecular formula is C17H15F3N4. The van der Waals surface area contributed by atoms with Gasteiger partial charge in [-0.05, 0) is 25.1 Å². The summed E-state index contributed by atoms with van der Waals surface area (Å²) >= 11 is 0. The van der Waals surface area contributed by atoms with Gasteiger partial charge in [0.25, 0.3) is 6.43 Å². The number of rotatable bonds is 4. The van der Waals surface area contributed by atoms with E-state index in [0.29, 0.717) is 16.9 Å². The molecule has 24 heavy (non-hydrogen) atoms. The number of anilines is 2. The van der Waals surface area contributed by atoms with Gasteiger partial charge in [0.05, 0.1) is 29.0 Å². The zero-order valence-electron chi connectivity index (χ0n) is 12.8. The smallest absolute Gasteiger partial charge is 0.266 e. The molecule has 3 aromatic rings. The van der Waals surface area contributed by atoms with Crippen LogP contribution in [0.15, 0.2) is 42.6 Å². The first kappa shape index (κ1) is 16.0. The number of fused-ring (bicyclic) bond motifs is 1. The van der Waals surface area contributed by atoms with Gasteiger partial charge in [0.2, 0.25) is 0 Å². The highest BCUT2D eigenvalue weighted by Gasteiger charge is 2.19. The lowest BCUT2D eigenvalue weighted by molar-refractivity contribution is 0.146. The number of hydrogen-bond donors (Lipinski definition) is 2. The van der Waals surface area contributed by atoms with Gasteiger partial charge >= 0.3 is 0 Å². The van der Waals surface area contributed by atoms with Crippen molar-refractivity contribution in [2.45, 2.75) is 19.4 Å². The third-order valence-electron chi connectivity index (χ3n) is 3.80. The van der Waals surface area contributed by atoms with Crippen molar-refractivity contribution in [2.75, 3.05) is 11.1 Å². The van der Waals surface area contributed by atoms with E-state index in [0.717, 1.165) is 11.5 Å². The predicted octanol–water partition coefficient (Wildman–Crippen LogP) is 4.46. The molecule has 124 valence electrons. The second kappa shape index (κ2) is 6.35. The number of halogens is 3. The SMILES string of the molecule is C[C@@H](Nc1cnnc2ccc(N)cc12)c1cccc(C(F)F)c1F. The van der Waals surface area contributed by atoms with Crippen LogP contribution in [0.2, 0.25) is 0 Å². The summed E-state index contributed by atoms with van der Waals surface area (Å²) < 4.78 is 40.0. The predicted molar refractivity (Wildman–Crippen MR) is 87.3 cm³/mol. The highest BCUT2D eigenvalue weighted by Crippen LogP contribution is 2.30. The molecule has 0 bridgehead atoms. The summed E-state index contributed by atoms with van der Waals surface area (Å²) in [6.45, 7) is 1.69. The topological polar surface area (TPSA) is 63.8 Å². The van der Waals surface area contributed by atoms with Gasteiger partial charge in [0, 0.05) is 16.6 Å². The number of nitrogens with two attached hydrogens (primary N) is 1. The Hall–Kier alpha value is -2.83. The molecule has 1 heterocycles. The van der Waals surface area contributed by atoms with Crippen molar-refractivity contribution in [3.8, 4) is 0 Å². The molecule has 0 amide bonds. The number of nitrogens with zero attached hydrogens (tertiary/aromatic N) is 2. The molecular weight excluding hydrogens is 317 g/mol. The minimum Gasteiger partial charge on any atom is -0.399 e. The maximum atomic E-state index is 14.3. The van der Waals surface area contributed by atoms with Crippen molar-refractivity contribution in [2.24, 2.45) is 0 Å².